The molecule has 0 aliphatic heterocycles. The van der Waals surface area contributed by atoms with Gasteiger partial charge in [-0.05, 0) is 215 Å². The molecule has 8 saturated carbocycles. The Morgan fingerprint density at radius 3 is 1.56 bits per heavy atom. The molecule has 2 heteroatoms. The molecule has 370 valence electrons. The SMILES string of the molecule is CCCCC1CCC2CC[C@@H]3[C@H](CC[C@]4(C)[C@@H]([C@H](C)CCCC(C)C)CC[C@@H]34)[C@@]2(C)C1OC1(O)C(CCCC)CCC2CC[C@H]3[C@@H]4CC[C@H]([C@H](C)CCCC(C)C)[C@@]4(C)CC[C@@H]3[C@]21C. The molecule has 0 aromatic rings. The fourth-order valence-electron chi connectivity index (χ4n) is 21.2. The van der Waals surface area contributed by atoms with Gasteiger partial charge in [-0.1, -0.05) is 147 Å². The van der Waals surface area contributed by atoms with E-state index in [1.165, 1.54) is 173 Å². The maximum absolute atomic E-state index is 14.6. The van der Waals surface area contributed by atoms with Gasteiger partial charge >= 0.3 is 0 Å². The minimum atomic E-state index is -1.02. The molecular formula is C62H110O2. The van der Waals surface area contributed by atoms with Crippen molar-refractivity contribution in [2.45, 2.75) is 275 Å². The van der Waals surface area contributed by atoms with Gasteiger partial charge in [0.2, 0.25) is 0 Å². The molecule has 8 rings (SSSR count). The molecule has 0 radical (unpaired) electrons. The van der Waals surface area contributed by atoms with Crippen molar-refractivity contribution in [2.24, 2.45) is 116 Å². The van der Waals surface area contributed by atoms with Crippen LogP contribution in [0.15, 0.2) is 0 Å². The zero-order chi connectivity index (χ0) is 45.8. The van der Waals surface area contributed by atoms with Crippen LogP contribution in [0.25, 0.3) is 0 Å². The van der Waals surface area contributed by atoms with Crippen molar-refractivity contribution in [1.82, 2.24) is 0 Å². The lowest BCUT2D eigenvalue weighted by molar-refractivity contribution is -0.394. The van der Waals surface area contributed by atoms with Gasteiger partial charge in [0.05, 0.1) is 6.10 Å². The summed E-state index contributed by atoms with van der Waals surface area (Å²) in [5, 5.41) is 14.6. The lowest BCUT2D eigenvalue weighted by Crippen LogP contribution is -2.70. The maximum atomic E-state index is 14.6. The molecule has 2 nitrogen and oxygen atoms in total. The number of unbranched alkanes of at least 4 members (excludes halogenated alkanes) is 2. The van der Waals surface area contributed by atoms with Crippen LogP contribution in [-0.4, -0.2) is 17.0 Å². The molecule has 0 aromatic carbocycles. The normalized spacial score (nSPS) is 48.5. The first-order valence-electron chi connectivity index (χ1n) is 29.9. The van der Waals surface area contributed by atoms with Crippen LogP contribution < -0.4 is 0 Å². The van der Waals surface area contributed by atoms with Gasteiger partial charge in [0, 0.05) is 16.7 Å². The highest BCUT2D eigenvalue weighted by Crippen LogP contribution is 2.74. The van der Waals surface area contributed by atoms with Gasteiger partial charge in [-0.3, -0.25) is 0 Å². The molecular weight excluding hydrogens is 777 g/mol. The average molecular weight is 888 g/mol. The third-order valence-electron chi connectivity index (χ3n) is 24.5. The lowest BCUT2D eigenvalue weighted by Gasteiger charge is -2.69. The molecule has 0 saturated heterocycles. The fraction of sp³-hybridized carbons (Fsp3) is 1.00. The molecule has 64 heavy (non-hydrogen) atoms. The first-order chi connectivity index (χ1) is 30.5. The monoisotopic (exact) mass is 887 g/mol. The highest BCUT2D eigenvalue weighted by atomic mass is 16.6. The minimum Gasteiger partial charge on any atom is -0.365 e. The molecule has 8 aliphatic rings. The van der Waals surface area contributed by atoms with E-state index in [4.69, 9.17) is 4.74 Å². The van der Waals surface area contributed by atoms with E-state index in [1.807, 2.05) is 0 Å². The first kappa shape index (κ1) is 50.3. The Kier molecular flexibility index (Phi) is 15.7. The Morgan fingerprint density at radius 1 is 0.500 bits per heavy atom. The van der Waals surface area contributed by atoms with Crippen LogP contribution in [0.1, 0.15) is 263 Å². The molecule has 6 unspecified atom stereocenters. The summed E-state index contributed by atoms with van der Waals surface area (Å²) < 4.78 is 8.46. The quantitative estimate of drug-likeness (QED) is 0.139. The van der Waals surface area contributed by atoms with Crippen molar-refractivity contribution in [3.05, 3.63) is 0 Å². The molecule has 0 bridgehead atoms. The summed E-state index contributed by atoms with van der Waals surface area (Å²) in [6, 6.07) is 0. The van der Waals surface area contributed by atoms with E-state index in [0.29, 0.717) is 28.6 Å². The number of ether oxygens (including phenoxy) is 1. The fourth-order valence-corrected chi connectivity index (χ4v) is 21.2. The number of hydrogen-bond acceptors (Lipinski definition) is 2. The molecule has 20 atom stereocenters. The van der Waals surface area contributed by atoms with Gasteiger partial charge in [0.15, 0.2) is 5.79 Å². The van der Waals surface area contributed by atoms with E-state index < -0.39 is 5.79 Å². The number of aliphatic hydroxyl groups is 1. The van der Waals surface area contributed by atoms with E-state index in [-0.39, 0.29) is 22.9 Å². The predicted octanol–water partition coefficient (Wildman–Crippen LogP) is 18.1. The van der Waals surface area contributed by atoms with E-state index >= 15 is 0 Å². The summed E-state index contributed by atoms with van der Waals surface area (Å²) in [6.07, 6.45) is 38.5. The van der Waals surface area contributed by atoms with Crippen molar-refractivity contribution in [3.63, 3.8) is 0 Å². The van der Waals surface area contributed by atoms with E-state index in [1.54, 1.807) is 0 Å². The van der Waals surface area contributed by atoms with Crippen molar-refractivity contribution >= 4 is 0 Å². The van der Waals surface area contributed by atoms with Crippen molar-refractivity contribution < 1.29 is 9.84 Å². The molecule has 0 aromatic heterocycles. The maximum Gasteiger partial charge on any atom is 0.174 e. The summed E-state index contributed by atoms with van der Waals surface area (Å²) in [4.78, 5) is 0. The zero-order valence-electron chi connectivity index (χ0n) is 45.0. The second-order valence-corrected chi connectivity index (χ2v) is 28.1. The Bertz CT molecular complexity index is 1500. The lowest BCUT2D eigenvalue weighted by atomic mass is 9.41. The number of hydrogen-bond donors (Lipinski definition) is 1. The standard InChI is InChI=1S/C62H110O2/c1-13-15-23-45-25-26-46-29-31-49-53-35-33-51(43(7)21-17-19-41(3)4)58(53,9)39-37-55(49)60(46,11)57(45)64-62(63)48(24-16-14-2)28-27-47-30-32-50-54-36-34-52(44(8)22-18-20-42(5)6)59(54,10)40-38-56(50)61(47,62)12/h41-57,63H,13-40H2,1-12H3/t43-,44-,45?,46?,47?,48?,49+,50+,51-,52-,53+,54+,55+,56+,57?,58-,59-,60+,61+,62?/m1/s1. The first-order valence-corrected chi connectivity index (χ1v) is 29.9. The second-order valence-electron chi connectivity index (χ2n) is 28.1. The largest absolute Gasteiger partial charge is 0.365 e. The highest BCUT2D eigenvalue weighted by molar-refractivity contribution is 5.17. The average Bonchev–Trinajstić information content (AvgIpc) is 3.80. The highest BCUT2D eigenvalue weighted by Gasteiger charge is 2.71. The van der Waals surface area contributed by atoms with Gasteiger partial charge < -0.3 is 9.84 Å². The molecule has 1 N–H and O–H groups in total. The van der Waals surface area contributed by atoms with Crippen LogP contribution >= 0.6 is 0 Å². The van der Waals surface area contributed by atoms with E-state index in [9.17, 15) is 5.11 Å². The summed E-state index contributed by atoms with van der Waals surface area (Å²) in [5.74, 6) is 11.0. The summed E-state index contributed by atoms with van der Waals surface area (Å²) >= 11 is 0. The second kappa shape index (κ2) is 20.0. The molecule has 8 fully saturated rings. The van der Waals surface area contributed by atoms with Crippen LogP contribution in [0.4, 0.5) is 0 Å². The summed E-state index contributed by atoms with van der Waals surface area (Å²) in [5.41, 5.74) is 1.00. The third kappa shape index (κ3) is 8.55. The van der Waals surface area contributed by atoms with Crippen molar-refractivity contribution in [3.8, 4) is 0 Å². The number of rotatable bonds is 18. The summed E-state index contributed by atoms with van der Waals surface area (Å²) in [7, 11) is 0. The van der Waals surface area contributed by atoms with Gasteiger partial charge in [0.1, 0.15) is 0 Å². The van der Waals surface area contributed by atoms with Crippen molar-refractivity contribution in [1.29, 1.82) is 0 Å². The van der Waals surface area contributed by atoms with Crippen LogP contribution in [0.3, 0.4) is 0 Å². The topological polar surface area (TPSA) is 29.5 Å². The number of fused-ring (bicyclic) bond motifs is 10. The van der Waals surface area contributed by atoms with Gasteiger partial charge in [-0.2, -0.15) is 0 Å². The Morgan fingerprint density at radius 2 is 1.00 bits per heavy atom. The van der Waals surface area contributed by atoms with Crippen LogP contribution in [0.5, 0.6) is 0 Å². The Labute approximate surface area is 399 Å². The van der Waals surface area contributed by atoms with Crippen LogP contribution in [0, 0.1) is 116 Å². The van der Waals surface area contributed by atoms with E-state index in [0.717, 1.165) is 77.4 Å². The van der Waals surface area contributed by atoms with Gasteiger partial charge in [-0.25, -0.2) is 0 Å². The predicted molar refractivity (Wildman–Crippen MR) is 273 cm³/mol. The summed E-state index contributed by atoms with van der Waals surface area (Å²) in [6.45, 7) is 30.9. The van der Waals surface area contributed by atoms with E-state index in [2.05, 4.69) is 83.1 Å². The molecule has 0 spiro atoms. The van der Waals surface area contributed by atoms with Gasteiger partial charge in [0.25, 0.3) is 0 Å². The molecule has 8 aliphatic carbocycles. The van der Waals surface area contributed by atoms with Crippen molar-refractivity contribution in [2.75, 3.05) is 0 Å². The molecule has 0 amide bonds. The van der Waals surface area contributed by atoms with Gasteiger partial charge in [-0.15, -0.1) is 0 Å². The Hall–Kier alpha value is -0.0800. The minimum absolute atomic E-state index is 0.156. The Balaban J connectivity index is 1.11. The molecule has 0 heterocycles. The third-order valence-corrected chi connectivity index (χ3v) is 24.5. The zero-order valence-corrected chi connectivity index (χ0v) is 45.0. The van der Waals surface area contributed by atoms with Crippen LogP contribution in [-0.2, 0) is 4.74 Å². The smallest absolute Gasteiger partial charge is 0.174 e. The van der Waals surface area contributed by atoms with Crippen LogP contribution in [0.2, 0.25) is 0 Å².